The Morgan fingerprint density at radius 2 is 1.54 bits per heavy atom. The summed E-state index contributed by atoms with van der Waals surface area (Å²) in [7, 11) is -3.87. The number of rotatable bonds is 11. The first-order valence-corrected chi connectivity index (χ1v) is 15.6. The van der Waals surface area contributed by atoms with Gasteiger partial charge in [-0.2, -0.15) is 0 Å². The monoisotopic (exact) mass is 581 g/mol. The third kappa shape index (κ3) is 8.53. The van der Waals surface area contributed by atoms with Crippen LogP contribution in [0, 0.1) is 5.82 Å². The molecule has 1 fully saturated rings. The van der Waals surface area contributed by atoms with Crippen LogP contribution in [0.1, 0.15) is 44.6 Å². The van der Waals surface area contributed by atoms with Gasteiger partial charge in [0.2, 0.25) is 21.8 Å². The van der Waals surface area contributed by atoms with Crippen LogP contribution in [0.15, 0.2) is 78.9 Å². The van der Waals surface area contributed by atoms with E-state index in [0.717, 1.165) is 42.7 Å². The van der Waals surface area contributed by atoms with E-state index in [-0.39, 0.29) is 24.2 Å². The highest BCUT2D eigenvalue weighted by molar-refractivity contribution is 7.92. The fourth-order valence-electron chi connectivity index (χ4n) is 4.86. The van der Waals surface area contributed by atoms with Gasteiger partial charge >= 0.3 is 0 Å². The molecule has 0 radical (unpaired) electrons. The number of ether oxygens (including phenoxy) is 1. The lowest BCUT2D eigenvalue weighted by atomic mass is 9.95. The van der Waals surface area contributed by atoms with E-state index >= 15 is 0 Å². The number of hydrogen-bond acceptors (Lipinski definition) is 5. The number of nitrogens with zero attached hydrogens (tertiary/aromatic N) is 2. The Morgan fingerprint density at radius 3 is 2.15 bits per heavy atom. The highest BCUT2D eigenvalue weighted by Crippen LogP contribution is 2.26. The van der Waals surface area contributed by atoms with E-state index < -0.39 is 34.3 Å². The fourth-order valence-corrected chi connectivity index (χ4v) is 5.71. The van der Waals surface area contributed by atoms with Gasteiger partial charge in [-0.25, -0.2) is 12.8 Å². The van der Waals surface area contributed by atoms with Crippen molar-refractivity contribution in [2.75, 3.05) is 17.1 Å². The Bertz CT molecular complexity index is 1410. The number of hydrogen-bond donors (Lipinski definition) is 1. The lowest BCUT2D eigenvalue weighted by Crippen LogP contribution is -2.52. The van der Waals surface area contributed by atoms with E-state index in [4.69, 9.17) is 4.74 Å². The van der Waals surface area contributed by atoms with Crippen molar-refractivity contribution in [1.82, 2.24) is 10.2 Å². The second-order valence-electron chi connectivity index (χ2n) is 10.3. The molecule has 0 bridgehead atoms. The molecule has 10 heteroatoms. The summed E-state index contributed by atoms with van der Waals surface area (Å²) in [5.74, 6) is -0.146. The van der Waals surface area contributed by atoms with Crippen molar-refractivity contribution in [2.45, 2.75) is 57.7 Å². The van der Waals surface area contributed by atoms with E-state index in [1.807, 2.05) is 18.2 Å². The summed E-state index contributed by atoms with van der Waals surface area (Å²) in [5.41, 5.74) is 0.896. The Balaban J connectivity index is 1.54. The van der Waals surface area contributed by atoms with Crippen LogP contribution in [0.25, 0.3) is 0 Å². The predicted octanol–water partition coefficient (Wildman–Crippen LogP) is 5.25. The van der Waals surface area contributed by atoms with E-state index in [1.54, 1.807) is 55.5 Å². The predicted molar refractivity (Wildman–Crippen MR) is 157 cm³/mol. The molecule has 218 valence electrons. The molecule has 1 atom stereocenters. The molecule has 0 aliphatic heterocycles. The molecule has 0 saturated heterocycles. The third-order valence-electron chi connectivity index (χ3n) is 7.17. The zero-order valence-electron chi connectivity index (χ0n) is 23.3. The largest absolute Gasteiger partial charge is 0.457 e. The highest BCUT2D eigenvalue weighted by Gasteiger charge is 2.31. The van der Waals surface area contributed by atoms with Crippen LogP contribution in [-0.4, -0.2) is 50.0 Å². The number of halogens is 1. The Morgan fingerprint density at radius 1 is 0.927 bits per heavy atom. The number of sulfonamides is 1. The molecular formula is C31H36FN3O5S. The zero-order chi connectivity index (χ0) is 29.4. The summed E-state index contributed by atoms with van der Waals surface area (Å²) in [4.78, 5) is 28.3. The summed E-state index contributed by atoms with van der Waals surface area (Å²) < 4.78 is 46.0. The van der Waals surface area contributed by atoms with Crippen LogP contribution in [-0.2, 0) is 26.2 Å². The maximum atomic E-state index is 13.7. The number of benzene rings is 3. The molecule has 0 spiro atoms. The minimum absolute atomic E-state index is 0.0137. The van der Waals surface area contributed by atoms with Gasteiger partial charge in [0.1, 0.15) is 29.9 Å². The highest BCUT2D eigenvalue weighted by atomic mass is 32.2. The molecule has 0 heterocycles. The summed E-state index contributed by atoms with van der Waals surface area (Å²) >= 11 is 0. The molecule has 41 heavy (non-hydrogen) atoms. The van der Waals surface area contributed by atoms with Gasteiger partial charge in [0.05, 0.1) is 11.9 Å². The Labute approximate surface area is 241 Å². The first-order valence-electron chi connectivity index (χ1n) is 13.7. The van der Waals surface area contributed by atoms with Crippen LogP contribution in [0.3, 0.4) is 0 Å². The maximum Gasteiger partial charge on any atom is 0.244 e. The van der Waals surface area contributed by atoms with Crippen molar-refractivity contribution in [1.29, 1.82) is 0 Å². The number of amides is 2. The van der Waals surface area contributed by atoms with Crippen molar-refractivity contribution >= 4 is 27.5 Å². The topological polar surface area (TPSA) is 96.0 Å². The molecule has 3 aromatic carbocycles. The van der Waals surface area contributed by atoms with Gasteiger partial charge in [0.15, 0.2) is 0 Å². The maximum absolute atomic E-state index is 13.7. The smallest absolute Gasteiger partial charge is 0.244 e. The standard InChI is InChI=1S/C31H36FN3O5S/c1-23(31(37)33-26-9-5-3-6-10-26)34(21-24-13-15-25(32)16-14-24)30(36)22-35(41(2,38)39)27-17-19-29(20-18-27)40-28-11-7-4-8-12-28/h4,7-8,11-20,23,26H,3,5-6,9-10,21-22H2,1-2H3,(H,33,37)/t23-/m1/s1. The number of carbonyl (C=O) groups is 2. The lowest BCUT2D eigenvalue weighted by molar-refractivity contribution is -0.139. The average molecular weight is 582 g/mol. The van der Waals surface area contributed by atoms with Crippen molar-refractivity contribution < 1.29 is 27.1 Å². The van der Waals surface area contributed by atoms with Gasteiger partial charge in [-0.15, -0.1) is 0 Å². The van der Waals surface area contributed by atoms with Crippen LogP contribution >= 0.6 is 0 Å². The molecule has 4 rings (SSSR count). The van der Waals surface area contributed by atoms with Gasteiger partial charge in [-0.1, -0.05) is 49.6 Å². The Kier molecular flexibility index (Phi) is 9.99. The van der Waals surface area contributed by atoms with Crippen LogP contribution < -0.4 is 14.4 Å². The molecule has 1 aliphatic rings. The van der Waals surface area contributed by atoms with Gasteiger partial charge in [-0.05, 0) is 73.9 Å². The zero-order valence-corrected chi connectivity index (χ0v) is 24.1. The molecule has 8 nitrogen and oxygen atoms in total. The second kappa shape index (κ2) is 13.6. The van der Waals surface area contributed by atoms with Crippen molar-refractivity contribution in [3.05, 3.63) is 90.2 Å². The number of nitrogens with one attached hydrogen (secondary N) is 1. The lowest BCUT2D eigenvalue weighted by Gasteiger charge is -2.33. The van der Waals surface area contributed by atoms with E-state index in [2.05, 4.69) is 5.32 Å². The number of carbonyl (C=O) groups excluding carboxylic acids is 2. The molecule has 1 saturated carbocycles. The molecule has 1 N–H and O–H groups in total. The first kappa shape index (κ1) is 30.0. The Hall–Kier alpha value is -3.92. The average Bonchev–Trinajstić information content (AvgIpc) is 2.96. The van der Waals surface area contributed by atoms with Gasteiger partial charge < -0.3 is 15.0 Å². The van der Waals surface area contributed by atoms with E-state index in [9.17, 15) is 22.4 Å². The minimum atomic E-state index is -3.87. The van der Waals surface area contributed by atoms with Crippen molar-refractivity contribution in [3.63, 3.8) is 0 Å². The van der Waals surface area contributed by atoms with Gasteiger partial charge in [0, 0.05) is 12.6 Å². The normalized spacial score (nSPS) is 14.6. The van der Waals surface area contributed by atoms with Crippen LogP contribution in [0.2, 0.25) is 0 Å². The minimum Gasteiger partial charge on any atom is -0.457 e. The van der Waals surface area contributed by atoms with E-state index in [1.165, 1.54) is 17.0 Å². The molecule has 0 aromatic heterocycles. The summed E-state index contributed by atoms with van der Waals surface area (Å²) in [6, 6.07) is 20.4. The summed E-state index contributed by atoms with van der Waals surface area (Å²) in [5, 5.41) is 3.05. The molecule has 2 amide bonds. The van der Waals surface area contributed by atoms with Crippen molar-refractivity contribution in [3.8, 4) is 11.5 Å². The number of anilines is 1. The van der Waals surface area contributed by atoms with Crippen LogP contribution in [0.5, 0.6) is 11.5 Å². The van der Waals surface area contributed by atoms with Crippen LogP contribution in [0.4, 0.5) is 10.1 Å². The van der Waals surface area contributed by atoms with Gasteiger partial charge in [-0.3, -0.25) is 13.9 Å². The second-order valence-corrected chi connectivity index (χ2v) is 12.3. The van der Waals surface area contributed by atoms with Crippen molar-refractivity contribution in [2.24, 2.45) is 0 Å². The third-order valence-corrected chi connectivity index (χ3v) is 8.31. The quantitative estimate of drug-likeness (QED) is 0.334. The molecule has 3 aromatic rings. The molecule has 1 aliphatic carbocycles. The SMILES string of the molecule is C[C@H](C(=O)NC1CCCCC1)N(Cc1ccc(F)cc1)C(=O)CN(c1ccc(Oc2ccccc2)cc1)S(C)(=O)=O. The first-order chi connectivity index (χ1) is 19.6. The van der Waals surface area contributed by atoms with Gasteiger partial charge in [0.25, 0.3) is 0 Å². The van der Waals surface area contributed by atoms with E-state index in [0.29, 0.717) is 17.1 Å². The fraction of sp³-hybridized carbons (Fsp3) is 0.355. The molecule has 0 unspecified atom stereocenters. The summed E-state index contributed by atoms with van der Waals surface area (Å²) in [6.07, 6.45) is 6.01. The molecular weight excluding hydrogens is 545 g/mol. The summed E-state index contributed by atoms with van der Waals surface area (Å²) in [6.45, 7) is 1.12. The number of para-hydroxylation sites is 1.